The number of hydrogen-bond donors (Lipinski definition) is 2. The quantitative estimate of drug-likeness (QED) is 0.836. The minimum absolute atomic E-state index is 0.204. The Labute approximate surface area is 143 Å². The van der Waals surface area contributed by atoms with E-state index >= 15 is 0 Å². The monoisotopic (exact) mass is 339 g/mol. The molecular formula is C18H26ClNO3. The van der Waals surface area contributed by atoms with Gasteiger partial charge in [0, 0.05) is 5.56 Å². The maximum atomic E-state index is 9.77. The number of rotatable bonds is 6. The first-order valence-corrected chi connectivity index (χ1v) is 8.75. The molecule has 1 aromatic carbocycles. The molecule has 2 fully saturated rings. The van der Waals surface area contributed by atoms with Crippen molar-refractivity contribution in [2.75, 3.05) is 19.7 Å². The molecule has 2 N–H and O–H groups in total. The van der Waals surface area contributed by atoms with Crippen LogP contribution < -0.4 is 10.1 Å². The largest absolute Gasteiger partial charge is 0.489 e. The van der Waals surface area contributed by atoms with E-state index < -0.39 is 5.60 Å². The lowest BCUT2D eigenvalue weighted by Crippen LogP contribution is -2.28. The molecule has 2 atom stereocenters. The molecule has 0 amide bonds. The van der Waals surface area contributed by atoms with Crippen molar-refractivity contribution in [1.29, 1.82) is 0 Å². The normalized spacial score (nSPS) is 24.9. The van der Waals surface area contributed by atoms with Gasteiger partial charge in [0.25, 0.3) is 0 Å². The van der Waals surface area contributed by atoms with Crippen LogP contribution in [0.15, 0.2) is 18.2 Å². The van der Waals surface area contributed by atoms with Gasteiger partial charge >= 0.3 is 0 Å². The summed E-state index contributed by atoms with van der Waals surface area (Å²) in [5.74, 6) is 2.15. The zero-order valence-electron chi connectivity index (χ0n) is 13.8. The molecule has 23 heavy (non-hydrogen) atoms. The number of hydrogen-bond acceptors (Lipinski definition) is 4. The van der Waals surface area contributed by atoms with Crippen LogP contribution in [0, 0.1) is 11.8 Å². The summed E-state index contributed by atoms with van der Waals surface area (Å²) in [4.78, 5) is 0. The SMILES string of the molecule is CC(C)(O)COc1cccc(COC2C[C@@H]3CNC[C@H]3C2)c1Cl. The highest BCUT2D eigenvalue weighted by atomic mass is 35.5. The number of ether oxygens (including phenoxy) is 2. The number of nitrogens with one attached hydrogen (secondary N) is 1. The average Bonchev–Trinajstić information content (AvgIpc) is 3.05. The molecule has 0 radical (unpaired) electrons. The van der Waals surface area contributed by atoms with Gasteiger partial charge in [0.15, 0.2) is 0 Å². The predicted octanol–water partition coefficient (Wildman–Crippen LogP) is 3.00. The molecule has 1 saturated carbocycles. The van der Waals surface area contributed by atoms with Gasteiger partial charge in [0.05, 0.1) is 23.3 Å². The third kappa shape index (κ3) is 4.38. The Morgan fingerprint density at radius 1 is 1.26 bits per heavy atom. The number of fused-ring (bicyclic) bond motifs is 1. The molecule has 0 bridgehead atoms. The first-order valence-electron chi connectivity index (χ1n) is 8.37. The van der Waals surface area contributed by atoms with Crippen LogP contribution in [0.5, 0.6) is 5.75 Å². The highest BCUT2D eigenvalue weighted by molar-refractivity contribution is 6.32. The van der Waals surface area contributed by atoms with Crippen LogP contribution in [0.1, 0.15) is 32.3 Å². The topological polar surface area (TPSA) is 50.7 Å². The van der Waals surface area contributed by atoms with Crippen molar-refractivity contribution in [3.63, 3.8) is 0 Å². The molecule has 0 unspecified atom stereocenters. The van der Waals surface area contributed by atoms with Crippen LogP contribution >= 0.6 is 11.6 Å². The molecule has 2 aliphatic rings. The van der Waals surface area contributed by atoms with Crippen LogP contribution in [0.25, 0.3) is 0 Å². The van der Waals surface area contributed by atoms with Crippen molar-refractivity contribution in [3.8, 4) is 5.75 Å². The van der Waals surface area contributed by atoms with E-state index in [0.717, 1.165) is 43.3 Å². The number of halogens is 1. The first kappa shape index (κ1) is 17.0. The van der Waals surface area contributed by atoms with Crippen molar-refractivity contribution < 1.29 is 14.6 Å². The van der Waals surface area contributed by atoms with Gasteiger partial charge in [-0.2, -0.15) is 0 Å². The molecule has 0 spiro atoms. The molecular weight excluding hydrogens is 314 g/mol. The summed E-state index contributed by atoms with van der Waals surface area (Å²) in [6, 6.07) is 5.71. The molecule has 3 rings (SSSR count). The van der Waals surface area contributed by atoms with Gasteiger partial charge in [-0.15, -0.1) is 0 Å². The van der Waals surface area contributed by atoms with Crippen molar-refractivity contribution in [2.45, 2.75) is 45.0 Å². The Hall–Kier alpha value is -0.810. The van der Waals surface area contributed by atoms with E-state index in [1.165, 1.54) is 0 Å². The predicted molar refractivity (Wildman–Crippen MR) is 90.9 cm³/mol. The second-order valence-electron chi connectivity index (χ2n) is 7.41. The van der Waals surface area contributed by atoms with Crippen LogP contribution in [0.3, 0.4) is 0 Å². The average molecular weight is 340 g/mol. The summed E-state index contributed by atoms with van der Waals surface area (Å²) in [5, 5.41) is 13.8. The molecule has 0 aromatic heterocycles. The van der Waals surface area contributed by atoms with Gasteiger partial charge in [-0.1, -0.05) is 23.7 Å². The van der Waals surface area contributed by atoms with Crippen molar-refractivity contribution in [3.05, 3.63) is 28.8 Å². The smallest absolute Gasteiger partial charge is 0.138 e. The van der Waals surface area contributed by atoms with Gasteiger partial charge < -0.3 is 19.9 Å². The van der Waals surface area contributed by atoms with Crippen LogP contribution in [0.2, 0.25) is 5.02 Å². The van der Waals surface area contributed by atoms with E-state index in [0.29, 0.717) is 23.5 Å². The van der Waals surface area contributed by atoms with E-state index in [4.69, 9.17) is 21.1 Å². The molecule has 1 heterocycles. The zero-order valence-corrected chi connectivity index (χ0v) is 14.6. The molecule has 128 valence electrons. The fraction of sp³-hybridized carbons (Fsp3) is 0.667. The Kier molecular flexibility index (Phi) is 5.16. The summed E-state index contributed by atoms with van der Waals surface area (Å²) >= 11 is 6.42. The van der Waals surface area contributed by atoms with E-state index in [1.807, 2.05) is 18.2 Å². The van der Waals surface area contributed by atoms with Gasteiger partial charge in [-0.3, -0.25) is 0 Å². The van der Waals surface area contributed by atoms with E-state index in [2.05, 4.69) is 5.32 Å². The third-order valence-corrected chi connectivity index (χ3v) is 5.14. The fourth-order valence-corrected chi connectivity index (χ4v) is 3.72. The standard InChI is InChI=1S/C18H26ClNO3/c1-18(2,21)11-23-16-5-3-4-12(17(16)19)10-22-15-6-13-8-20-9-14(13)7-15/h3-5,13-15,20-21H,6-11H2,1-2H3/t13-,14-/m1/s1. The van der Waals surface area contributed by atoms with Crippen molar-refractivity contribution in [2.24, 2.45) is 11.8 Å². The molecule has 1 aromatic rings. The van der Waals surface area contributed by atoms with Gasteiger partial charge in [0.2, 0.25) is 0 Å². The lowest BCUT2D eigenvalue weighted by molar-refractivity contribution is 0.0280. The van der Waals surface area contributed by atoms with Crippen LogP contribution in [-0.4, -0.2) is 36.5 Å². The highest BCUT2D eigenvalue weighted by Gasteiger charge is 2.37. The maximum Gasteiger partial charge on any atom is 0.138 e. The number of aliphatic hydroxyl groups is 1. The minimum atomic E-state index is -0.883. The first-order chi connectivity index (χ1) is 10.9. The summed E-state index contributed by atoms with van der Waals surface area (Å²) < 4.78 is 11.7. The maximum absolute atomic E-state index is 9.77. The molecule has 5 heteroatoms. The second-order valence-corrected chi connectivity index (χ2v) is 7.79. The lowest BCUT2D eigenvalue weighted by atomic mass is 10.0. The van der Waals surface area contributed by atoms with Crippen molar-refractivity contribution >= 4 is 11.6 Å². The van der Waals surface area contributed by atoms with E-state index in [9.17, 15) is 5.11 Å². The Morgan fingerprint density at radius 3 is 2.61 bits per heavy atom. The van der Waals surface area contributed by atoms with Crippen molar-refractivity contribution in [1.82, 2.24) is 5.32 Å². The molecule has 1 saturated heterocycles. The summed E-state index contributed by atoms with van der Waals surface area (Å²) in [7, 11) is 0. The highest BCUT2D eigenvalue weighted by Crippen LogP contribution is 2.37. The second kappa shape index (κ2) is 6.98. The lowest BCUT2D eigenvalue weighted by Gasteiger charge is -2.19. The molecule has 1 aliphatic heterocycles. The summed E-state index contributed by atoms with van der Waals surface area (Å²) in [6.45, 7) is 6.39. The Morgan fingerprint density at radius 2 is 1.96 bits per heavy atom. The minimum Gasteiger partial charge on any atom is -0.489 e. The molecule has 4 nitrogen and oxygen atoms in total. The Bertz CT molecular complexity index is 532. The molecule has 1 aliphatic carbocycles. The van der Waals surface area contributed by atoms with Gasteiger partial charge in [-0.25, -0.2) is 0 Å². The van der Waals surface area contributed by atoms with Gasteiger partial charge in [-0.05, 0) is 57.7 Å². The zero-order chi connectivity index (χ0) is 16.4. The Balaban J connectivity index is 1.56. The number of benzene rings is 1. The fourth-order valence-electron chi connectivity index (χ4n) is 3.49. The third-order valence-electron chi connectivity index (χ3n) is 4.71. The summed E-state index contributed by atoms with van der Waals surface area (Å²) in [5.41, 5.74) is 0.0565. The summed E-state index contributed by atoms with van der Waals surface area (Å²) in [6.07, 6.45) is 2.62. The van der Waals surface area contributed by atoms with E-state index in [-0.39, 0.29) is 6.61 Å². The van der Waals surface area contributed by atoms with Crippen LogP contribution in [-0.2, 0) is 11.3 Å². The van der Waals surface area contributed by atoms with Crippen LogP contribution in [0.4, 0.5) is 0 Å². The van der Waals surface area contributed by atoms with E-state index in [1.54, 1.807) is 13.8 Å². The van der Waals surface area contributed by atoms with Gasteiger partial charge in [0.1, 0.15) is 12.4 Å².